The van der Waals surface area contributed by atoms with E-state index in [0.717, 1.165) is 0 Å². The number of hydrogen-bond acceptors (Lipinski definition) is 4. The van der Waals surface area contributed by atoms with Crippen molar-refractivity contribution in [1.82, 2.24) is 0 Å². The molecule has 0 amide bonds. The summed E-state index contributed by atoms with van der Waals surface area (Å²) >= 11 is 44.5. The minimum absolute atomic E-state index is 0. The normalized spacial score (nSPS) is 41.1. The van der Waals surface area contributed by atoms with Gasteiger partial charge in [-0.3, -0.25) is 8.42 Å². The molecule has 1 radical (unpaired) electrons. The average Bonchev–Trinajstić information content (AvgIpc) is 2.82. The zero-order valence-electron chi connectivity index (χ0n) is 10.9. The van der Waals surface area contributed by atoms with Crippen LogP contribution < -0.4 is 0 Å². The molecule has 5 unspecified atom stereocenters. The van der Waals surface area contributed by atoms with Crippen LogP contribution in [-0.4, -0.2) is 42.5 Å². The summed E-state index contributed by atoms with van der Waals surface area (Å²) in [5, 5.41) is 0.113. The molecule has 143 valence electrons. The number of halogens is 7. The van der Waals surface area contributed by atoms with Crippen LogP contribution in [0.3, 0.4) is 0 Å². The number of allylic oxidation sites excluding steroid dienone is 4. The molecule has 1 fully saturated rings. The van der Waals surface area contributed by atoms with Gasteiger partial charge in [-0.15, -0.1) is 34.8 Å². The van der Waals surface area contributed by atoms with E-state index in [4.69, 9.17) is 98.7 Å². The van der Waals surface area contributed by atoms with Crippen molar-refractivity contribution in [1.29, 1.82) is 0 Å². The Morgan fingerprint density at radius 2 is 1.33 bits per heavy atom. The quantitative estimate of drug-likeness (QED) is 0.152. The maximum absolute atomic E-state index is 8.52. The fourth-order valence-corrected chi connectivity index (χ4v) is 6.60. The summed E-state index contributed by atoms with van der Waals surface area (Å²) in [5.74, 6) is -0.470. The molecule has 0 aromatic carbocycles. The Labute approximate surface area is 183 Å². The van der Waals surface area contributed by atoms with Gasteiger partial charge >= 0.3 is 17.1 Å². The van der Waals surface area contributed by atoms with E-state index in [1.807, 2.05) is 12.2 Å². The van der Waals surface area contributed by atoms with Gasteiger partial charge in [0, 0.05) is 22.2 Å². The zero-order chi connectivity index (χ0) is 17.3. The number of alkyl halides is 5. The van der Waals surface area contributed by atoms with Crippen molar-refractivity contribution < 1.29 is 40.1 Å². The molecule has 5 nitrogen and oxygen atoms in total. The van der Waals surface area contributed by atoms with Crippen molar-refractivity contribution in [3.8, 4) is 0 Å². The van der Waals surface area contributed by atoms with Gasteiger partial charge in [0.15, 0.2) is 4.33 Å². The number of fused-ring (bicyclic) bond motifs is 5. The molecule has 0 saturated heterocycles. The zero-order valence-corrected chi connectivity index (χ0v) is 17.9. The van der Waals surface area contributed by atoms with Crippen molar-refractivity contribution in [2.75, 3.05) is 0 Å². The SMILES string of the molecule is ClC1=C(Cl)C2(Cl)C3C(Cl)C=CC3C1(Cl)C2(Cl)Cl.O.O=S(=O)([O-])[O-].[Cu+2]. The van der Waals surface area contributed by atoms with Crippen molar-refractivity contribution >= 4 is 91.6 Å². The molecule has 0 heterocycles. The van der Waals surface area contributed by atoms with E-state index in [1.54, 1.807) is 0 Å². The van der Waals surface area contributed by atoms with E-state index in [2.05, 4.69) is 0 Å². The maximum Gasteiger partial charge on any atom is 2.00 e. The average molecular weight is 551 g/mol. The molecule has 1 saturated carbocycles. The number of hydrogen-bond donors (Lipinski definition) is 0. The summed E-state index contributed by atoms with van der Waals surface area (Å²) in [4.78, 5) is -2.45. The molecule has 0 aromatic rings. The minimum Gasteiger partial charge on any atom is -0.759 e. The van der Waals surface area contributed by atoms with E-state index in [-0.39, 0.29) is 49.8 Å². The molecule has 24 heavy (non-hydrogen) atoms. The van der Waals surface area contributed by atoms with Crippen molar-refractivity contribution in [3.05, 3.63) is 22.2 Å². The predicted octanol–water partition coefficient (Wildman–Crippen LogP) is 3.08. The van der Waals surface area contributed by atoms with Crippen LogP contribution >= 0.6 is 81.2 Å². The minimum atomic E-state index is -5.17. The summed E-state index contributed by atoms with van der Waals surface area (Å²) in [6.45, 7) is 0. The molecular formula is C10H7Cl7CuO5S. The molecule has 0 spiro atoms. The molecule has 2 N–H and O–H groups in total. The predicted molar refractivity (Wildman–Crippen MR) is 90.2 cm³/mol. The Morgan fingerprint density at radius 3 is 1.75 bits per heavy atom. The first-order valence-electron chi connectivity index (χ1n) is 5.51. The third-order valence-corrected chi connectivity index (χ3v) is 8.61. The first kappa shape index (κ1) is 25.9. The summed E-state index contributed by atoms with van der Waals surface area (Å²) in [7, 11) is -5.17. The van der Waals surface area contributed by atoms with Crippen molar-refractivity contribution in [2.45, 2.75) is 19.5 Å². The molecular weight excluding hydrogens is 544 g/mol. The monoisotopic (exact) mass is 547 g/mol. The summed E-state index contributed by atoms with van der Waals surface area (Å²) in [6.07, 6.45) is 3.69. The molecule has 3 aliphatic rings. The third kappa shape index (κ3) is 3.37. The molecule has 3 rings (SSSR count). The Balaban J connectivity index is 0.000000673. The molecule has 5 atom stereocenters. The van der Waals surface area contributed by atoms with Gasteiger partial charge in [-0.1, -0.05) is 58.6 Å². The second kappa shape index (κ2) is 7.70. The molecule has 3 aliphatic carbocycles. The molecule has 0 aromatic heterocycles. The van der Waals surface area contributed by atoms with Crippen LogP contribution in [0.5, 0.6) is 0 Å². The Hall–Kier alpha value is 1.86. The summed E-state index contributed by atoms with van der Waals surface area (Å²) < 4.78 is 32.6. The van der Waals surface area contributed by atoms with Gasteiger partial charge in [-0.2, -0.15) is 0 Å². The van der Waals surface area contributed by atoms with Crippen molar-refractivity contribution in [2.24, 2.45) is 11.8 Å². The van der Waals surface area contributed by atoms with Crippen LogP contribution in [0.25, 0.3) is 0 Å². The van der Waals surface area contributed by atoms with Gasteiger partial charge in [-0.05, 0) is 0 Å². The number of rotatable bonds is 0. The smallest absolute Gasteiger partial charge is 0.759 e. The van der Waals surface area contributed by atoms with Gasteiger partial charge in [0.05, 0.1) is 15.4 Å². The van der Waals surface area contributed by atoms with Crippen LogP contribution in [0.15, 0.2) is 22.2 Å². The van der Waals surface area contributed by atoms with E-state index < -0.39 is 24.5 Å². The van der Waals surface area contributed by atoms with Crippen LogP contribution in [0, 0.1) is 11.8 Å². The first-order valence-corrected chi connectivity index (χ1v) is 9.55. The van der Waals surface area contributed by atoms with Gasteiger partial charge in [0.1, 0.15) is 9.75 Å². The van der Waals surface area contributed by atoms with Crippen LogP contribution in [0.1, 0.15) is 0 Å². The fourth-order valence-electron chi connectivity index (χ4n) is 3.08. The van der Waals surface area contributed by atoms with Crippen LogP contribution in [-0.2, 0) is 27.5 Å². The van der Waals surface area contributed by atoms with Gasteiger partial charge in [0.2, 0.25) is 0 Å². The van der Waals surface area contributed by atoms with E-state index >= 15 is 0 Å². The van der Waals surface area contributed by atoms with E-state index in [0.29, 0.717) is 0 Å². The Bertz CT molecular complexity index is 675. The van der Waals surface area contributed by atoms with Crippen molar-refractivity contribution in [3.63, 3.8) is 0 Å². The standard InChI is InChI=1S/C10H5Cl7.Cu.H2O4S.H2O/c11-4-2-1-3-5(4)9(15)7(13)6(12)8(3,14)10(9,16)17;;1-5(2,3)4;/h1-5H;;(H2,1,2,3,4);1H2/q;+2;;/p-2. The molecule has 2 bridgehead atoms. The summed E-state index contributed by atoms with van der Waals surface area (Å²) in [6, 6.07) is 0. The largest absolute Gasteiger partial charge is 2.00 e. The molecule has 0 aliphatic heterocycles. The molecule has 14 heteroatoms. The topological polar surface area (TPSA) is 112 Å². The first-order chi connectivity index (χ1) is 9.70. The third-order valence-electron chi connectivity index (χ3n) is 3.90. The van der Waals surface area contributed by atoms with E-state index in [9.17, 15) is 0 Å². The van der Waals surface area contributed by atoms with Crippen LogP contribution in [0.2, 0.25) is 0 Å². The van der Waals surface area contributed by atoms with Gasteiger partial charge in [0.25, 0.3) is 0 Å². The Kier molecular flexibility index (Phi) is 8.30. The second-order valence-electron chi connectivity index (χ2n) is 4.92. The summed E-state index contributed by atoms with van der Waals surface area (Å²) in [5.41, 5.74) is 0. The maximum atomic E-state index is 8.52. The van der Waals surface area contributed by atoms with E-state index in [1.165, 1.54) is 0 Å². The fraction of sp³-hybridized carbons (Fsp3) is 0.600. The van der Waals surface area contributed by atoms with Gasteiger partial charge in [-0.25, -0.2) is 0 Å². The Morgan fingerprint density at radius 1 is 0.958 bits per heavy atom. The van der Waals surface area contributed by atoms with Crippen LogP contribution in [0.4, 0.5) is 0 Å². The second-order valence-corrected chi connectivity index (χ2v) is 9.51. The van der Waals surface area contributed by atoms with Gasteiger partial charge < -0.3 is 14.6 Å².